The summed E-state index contributed by atoms with van der Waals surface area (Å²) in [6.45, 7) is 4.95. The number of rotatable bonds is 7. The number of aromatic nitrogens is 3. The average Bonchev–Trinajstić information content (AvgIpc) is 3.05. The van der Waals surface area contributed by atoms with E-state index in [2.05, 4.69) is 71.1 Å². The first-order valence-electron chi connectivity index (χ1n) is 8.77. The van der Waals surface area contributed by atoms with Crippen molar-refractivity contribution in [1.29, 1.82) is 5.26 Å². The van der Waals surface area contributed by atoms with Crippen molar-refractivity contribution >= 4 is 11.8 Å². The second kappa shape index (κ2) is 8.68. The summed E-state index contributed by atoms with van der Waals surface area (Å²) in [7, 11) is 0. The van der Waals surface area contributed by atoms with Gasteiger partial charge in [0, 0.05) is 13.0 Å². The lowest BCUT2D eigenvalue weighted by Gasteiger charge is -2.11. The number of hydrogen-bond donors (Lipinski definition) is 0. The lowest BCUT2D eigenvalue weighted by atomic mass is 10.1. The Morgan fingerprint density at radius 3 is 2.42 bits per heavy atom. The molecule has 132 valence electrons. The minimum Gasteiger partial charge on any atom is -0.306 e. The molecule has 0 fully saturated rings. The largest absolute Gasteiger partial charge is 0.306 e. The van der Waals surface area contributed by atoms with Crippen molar-refractivity contribution in [3.8, 4) is 6.07 Å². The lowest BCUT2D eigenvalue weighted by Crippen LogP contribution is -2.08. The first-order valence-corrected chi connectivity index (χ1v) is 9.65. The summed E-state index contributed by atoms with van der Waals surface area (Å²) in [6.07, 6.45) is 1.45. The molecular formula is C21H22N4S. The number of nitrogens with zero attached hydrogens (tertiary/aromatic N) is 4. The summed E-state index contributed by atoms with van der Waals surface area (Å²) in [5.74, 6) is 0.938. The van der Waals surface area contributed by atoms with Crippen LogP contribution in [0.4, 0.5) is 0 Å². The molecule has 1 heterocycles. The molecule has 0 bridgehead atoms. The van der Waals surface area contributed by atoms with E-state index in [0.717, 1.165) is 23.9 Å². The fourth-order valence-electron chi connectivity index (χ4n) is 2.81. The number of nitriles is 1. The van der Waals surface area contributed by atoms with E-state index in [1.807, 2.05) is 18.2 Å². The van der Waals surface area contributed by atoms with Gasteiger partial charge in [-0.1, -0.05) is 71.9 Å². The van der Waals surface area contributed by atoms with E-state index in [0.29, 0.717) is 6.42 Å². The third-order valence-electron chi connectivity index (χ3n) is 4.25. The molecular weight excluding hydrogens is 340 g/mol. The van der Waals surface area contributed by atoms with Gasteiger partial charge in [0.25, 0.3) is 0 Å². The van der Waals surface area contributed by atoms with Gasteiger partial charge in [0.05, 0.1) is 6.07 Å². The van der Waals surface area contributed by atoms with E-state index >= 15 is 0 Å². The summed E-state index contributed by atoms with van der Waals surface area (Å²) in [5.41, 5.74) is 3.61. The van der Waals surface area contributed by atoms with E-state index in [9.17, 15) is 5.26 Å². The van der Waals surface area contributed by atoms with Crippen LogP contribution in [0.1, 0.15) is 29.4 Å². The van der Waals surface area contributed by atoms with Crippen LogP contribution in [0.25, 0.3) is 0 Å². The fraction of sp³-hybridized carbons (Fsp3) is 0.286. The summed E-state index contributed by atoms with van der Waals surface area (Å²) in [5, 5.41) is 18.9. The summed E-state index contributed by atoms with van der Waals surface area (Å²) >= 11 is 1.50. The van der Waals surface area contributed by atoms with Crippen LogP contribution in [-0.4, -0.2) is 20.0 Å². The molecule has 0 aliphatic carbocycles. The van der Waals surface area contributed by atoms with Crippen LogP contribution in [0.2, 0.25) is 0 Å². The van der Waals surface area contributed by atoms with Crippen molar-refractivity contribution in [3.05, 3.63) is 77.1 Å². The first kappa shape index (κ1) is 18.2. The molecule has 2 aromatic carbocycles. The Morgan fingerprint density at radius 1 is 1.04 bits per heavy atom. The van der Waals surface area contributed by atoms with Gasteiger partial charge in [-0.25, -0.2) is 0 Å². The first-order chi connectivity index (χ1) is 12.7. The monoisotopic (exact) mass is 362 g/mol. The summed E-state index contributed by atoms with van der Waals surface area (Å²) < 4.78 is 2.11. The highest BCUT2D eigenvalue weighted by Gasteiger charge is 2.18. The van der Waals surface area contributed by atoms with E-state index in [-0.39, 0.29) is 5.25 Å². The summed E-state index contributed by atoms with van der Waals surface area (Å²) in [4.78, 5) is 0. The molecule has 1 unspecified atom stereocenters. The van der Waals surface area contributed by atoms with Gasteiger partial charge in [-0.3, -0.25) is 0 Å². The molecule has 3 aromatic rings. The minimum atomic E-state index is -0.184. The number of aryl methyl sites for hydroxylation is 1. The van der Waals surface area contributed by atoms with Crippen LogP contribution < -0.4 is 0 Å². The van der Waals surface area contributed by atoms with E-state index in [1.165, 1.54) is 28.5 Å². The Labute approximate surface area is 158 Å². The standard InChI is InChI=1S/C21H22N4S/c1-3-25-20(14-17-7-5-4-6-8-17)23-24-21(25)26-19(15-22)13-18-11-9-16(2)10-12-18/h4-12,19H,3,13-14H2,1-2H3. The maximum absolute atomic E-state index is 9.58. The Balaban J connectivity index is 1.74. The Morgan fingerprint density at radius 2 is 1.77 bits per heavy atom. The maximum Gasteiger partial charge on any atom is 0.192 e. The molecule has 0 aliphatic rings. The van der Waals surface area contributed by atoms with Crippen LogP contribution in [0.15, 0.2) is 59.8 Å². The van der Waals surface area contributed by atoms with Crippen LogP contribution in [0, 0.1) is 18.3 Å². The Kier molecular flexibility index (Phi) is 6.08. The highest BCUT2D eigenvalue weighted by molar-refractivity contribution is 8.00. The molecule has 0 saturated carbocycles. The van der Waals surface area contributed by atoms with Crippen LogP contribution in [0.3, 0.4) is 0 Å². The average molecular weight is 363 g/mol. The summed E-state index contributed by atoms with van der Waals surface area (Å²) in [6, 6.07) is 21.0. The van der Waals surface area contributed by atoms with Gasteiger partial charge in [0.2, 0.25) is 0 Å². The van der Waals surface area contributed by atoms with Gasteiger partial charge in [0.15, 0.2) is 5.16 Å². The molecule has 0 amide bonds. The molecule has 5 heteroatoms. The molecule has 0 radical (unpaired) electrons. The van der Waals surface area contributed by atoms with Gasteiger partial charge in [-0.15, -0.1) is 10.2 Å². The third-order valence-corrected chi connectivity index (χ3v) is 5.32. The second-order valence-electron chi connectivity index (χ2n) is 6.23. The van der Waals surface area contributed by atoms with Crippen molar-refractivity contribution in [2.24, 2.45) is 0 Å². The van der Waals surface area contributed by atoms with Gasteiger partial charge < -0.3 is 4.57 Å². The topological polar surface area (TPSA) is 54.5 Å². The highest BCUT2D eigenvalue weighted by Crippen LogP contribution is 2.25. The molecule has 1 atom stereocenters. The molecule has 0 N–H and O–H groups in total. The van der Waals surface area contributed by atoms with Crippen LogP contribution >= 0.6 is 11.8 Å². The molecule has 3 rings (SSSR count). The lowest BCUT2D eigenvalue weighted by molar-refractivity contribution is 0.650. The maximum atomic E-state index is 9.58. The smallest absolute Gasteiger partial charge is 0.192 e. The molecule has 1 aromatic heterocycles. The normalized spacial score (nSPS) is 11.9. The minimum absolute atomic E-state index is 0.184. The zero-order chi connectivity index (χ0) is 18.4. The predicted octanol–water partition coefficient (Wildman–Crippen LogP) is 4.42. The zero-order valence-electron chi connectivity index (χ0n) is 15.1. The van der Waals surface area contributed by atoms with Crippen LogP contribution in [0.5, 0.6) is 0 Å². The predicted molar refractivity (Wildman–Crippen MR) is 105 cm³/mol. The number of thioether (sulfide) groups is 1. The van der Waals surface area contributed by atoms with E-state index in [4.69, 9.17) is 0 Å². The quantitative estimate of drug-likeness (QED) is 0.584. The van der Waals surface area contributed by atoms with Crippen molar-refractivity contribution in [1.82, 2.24) is 14.8 Å². The molecule has 0 saturated heterocycles. The molecule has 0 aliphatic heterocycles. The SMILES string of the molecule is CCn1c(Cc2ccccc2)nnc1SC(C#N)Cc1ccc(C)cc1. The molecule has 26 heavy (non-hydrogen) atoms. The van der Waals surface area contributed by atoms with E-state index < -0.39 is 0 Å². The van der Waals surface area contributed by atoms with Crippen molar-refractivity contribution in [3.63, 3.8) is 0 Å². The van der Waals surface area contributed by atoms with Gasteiger partial charge >= 0.3 is 0 Å². The van der Waals surface area contributed by atoms with Gasteiger partial charge in [0.1, 0.15) is 11.1 Å². The van der Waals surface area contributed by atoms with Gasteiger partial charge in [-0.2, -0.15) is 5.26 Å². The fourth-order valence-corrected chi connectivity index (χ4v) is 3.84. The number of benzene rings is 2. The van der Waals surface area contributed by atoms with Gasteiger partial charge in [-0.05, 0) is 31.4 Å². The molecule has 0 spiro atoms. The molecule has 4 nitrogen and oxygen atoms in total. The van der Waals surface area contributed by atoms with Crippen molar-refractivity contribution < 1.29 is 0 Å². The number of hydrogen-bond acceptors (Lipinski definition) is 4. The third kappa shape index (κ3) is 4.53. The Hall–Kier alpha value is -2.58. The van der Waals surface area contributed by atoms with Crippen LogP contribution in [-0.2, 0) is 19.4 Å². The zero-order valence-corrected chi connectivity index (χ0v) is 15.9. The highest BCUT2D eigenvalue weighted by atomic mass is 32.2. The Bertz CT molecular complexity index is 879. The van der Waals surface area contributed by atoms with E-state index in [1.54, 1.807) is 0 Å². The van der Waals surface area contributed by atoms with Crippen molar-refractivity contribution in [2.45, 2.75) is 43.6 Å². The second-order valence-corrected chi connectivity index (χ2v) is 7.40. The van der Waals surface area contributed by atoms with Crippen molar-refractivity contribution in [2.75, 3.05) is 0 Å².